The fourth-order valence-electron chi connectivity index (χ4n) is 5.11. The molecule has 2 heterocycles. The molecule has 0 spiro atoms. The first-order chi connectivity index (χ1) is 16.5. The predicted molar refractivity (Wildman–Crippen MR) is 134 cm³/mol. The lowest BCUT2D eigenvalue weighted by Crippen LogP contribution is -2.48. The van der Waals surface area contributed by atoms with E-state index in [1.807, 2.05) is 73.3 Å². The van der Waals surface area contributed by atoms with Crippen LogP contribution in [0.5, 0.6) is 0 Å². The number of imide groups is 1. The van der Waals surface area contributed by atoms with Gasteiger partial charge in [-0.1, -0.05) is 60.2 Å². The number of rotatable bonds is 5. The van der Waals surface area contributed by atoms with Crippen LogP contribution >= 0.6 is 0 Å². The Morgan fingerprint density at radius 2 is 1.59 bits per heavy atom. The summed E-state index contributed by atoms with van der Waals surface area (Å²) in [6.45, 7) is 7.48. The van der Waals surface area contributed by atoms with Gasteiger partial charge in [0, 0.05) is 38.1 Å². The number of anilines is 1. The van der Waals surface area contributed by atoms with Crippen LogP contribution in [0.4, 0.5) is 5.69 Å². The van der Waals surface area contributed by atoms with Crippen molar-refractivity contribution in [2.75, 3.05) is 44.2 Å². The number of hydrogen-bond acceptors (Lipinski definition) is 5. The van der Waals surface area contributed by atoms with Gasteiger partial charge in [0.1, 0.15) is 5.70 Å². The molecule has 3 aromatic carbocycles. The number of piperazine rings is 1. The number of aliphatic hydroxyl groups excluding tert-OH is 1. The van der Waals surface area contributed by atoms with Gasteiger partial charge in [0.05, 0.1) is 17.9 Å². The van der Waals surface area contributed by atoms with Crippen LogP contribution in [0.3, 0.4) is 0 Å². The summed E-state index contributed by atoms with van der Waals surface area (Å²) in [6, 6.07) is 19.6. The highest BCUT2D eigenvalue weighted by molar-refractivity contribution is 6.46. The monoisotopic (exact) mass is 455 g/mol. The zero-order chi connectivity index (χ0) is 23.8. The minimum absolute atomic E-state index is 0.114. The molecule has 0 aliphatic carbocycles. The minimum Gasteiger partial charge on any atom is -0.395 e. The van der Waals surface area contributed by atoms with Gasteiger partial charge in [-0.25, -0.2) is 4.90 Å². The predicted octanol–water partition coefficient (Wildman–Crippen LogP) is 3.35. The topological polar surface area (TPSA) is 64.1 Å². The van der Waals surface area contributed by atoms with E-state index >= 15 is 0 Å². The summed E-state index contributed by atoms with van der Waals surface area (Å²) < 4.78 is 0. The molecule has 6 nitrogen and oxygen atoms in total. The number of hydrogen-bond donors (Lipinski definition) is 1. The molecule has 0 aromatic heterocycles. The molecular weight excluding hydrogens is 426 g/mol. The molecular formula is C28H29N3O3. The van der Waals surface area contributed by atoms with Crippen molar-refractivity contribution < 1.29 is 14.7 Å². The lowest BCUT2D eigenvalue weighted by Gasteiger charge is -2.36. The summed E-state index contributed by atoms with van der Waals surface area (Å²) in [6.07, 6.45) is 0. The van der Waals surface area contributed by atoms with Gasteiger partial charge in [-0.2, -0.15) is 0 Å². The molecule has 2 aliphatic heterocycles. The average molecular weight is 456 g/mol. The highest BCUT2D eigenvalue weighted by atomic mass is 16.3. The highest BCUT2D eigenvalue weighted by Gasteiger charge is 2.43. The summed E-state index contributed by atoms with van der Waals surface area (Å²) in [5.74, 6) is -0.548. The van der Waals surface area contributed by atoms with Gasteiger partial charge in [-0.05, 0) is 36.4 Å². The molecule has 1 N–H and O–H groups in total. The molecule has 1 saturated heterocycles. The zero-order valence-electron chi connectivity index (χ0n) is 19.6. The molecule has 0 unspecified atom stereocenters. The highest BCUT2D eigenvalue weighted by Crippen LogP contribution is 2.38. The normalized spacial score (nSPS) is 17.4. The lowest BCUT2D eigenvalue weighted by atomic mass is 9.97. The Kier molecular flexibility index (Phi) is 5.94. The van der Waals surface area contributed by atoms with Crippen molar-refractivity contribution in [3.63, 3.8) is 0 Å². The van der Waals surface area contributed by atoms with Crippen molar-refractivity contribution >= 4 is 33.8 Å². The third-order valence-corrected chi connectivity index (χ3v) is 6.82. The molecule has 6 heteroatoms. The summed E-state index contributed by atoms with van der Waals surface area (Å²) in [5.41, 5.74) is 4.47. The molecule has 3 aromatic rings. The van der Waals surface area contributed by atoms with Gasteiger partial charge in [0.15, 0.2) is 0 Å². The second-order valence-electron chi connectivity index (χ2n) is 9.04. The van der Waals surface area contributed by atoms with Crippen molar-refractivity contribution in [3.8, 4) is 0 Å². The summed E-state index contributed by atoms with van der Waals surface area (Å²) in [7, 11) is 0. The van der Waals surface area contributed by atoms with Gasteiger partial charge in [-0.15, -0.1) is 0 Å². The van der Waals surface area contributed by atoms with Gasteiger partial charge < -0.3 is 10.0 Å². The van der Waals surface area contributed by atoms with Crippen molar-refractivity contribution in [2.24, 2.45) is 0 Å². The molecule has 0 saturated carbocycles. The molecule has 0 atom stereocenters. The number of amides is 2. The molecule has 2 amide bonds. The van der Waals surface area contributed by atoms with Crippen LogP contribution in [-0.4, -0.2) is 66.1 Å². The summed E-state index contributed by atoms with van der Waals surface area (Å²) in [5, 5.41) is 11.2. The fraction of sp³-hybridized carbons (Fsp3) is 0.286. The third-order valence-electron chi connectivity index (χ3n) is 6.82. The van der Waals surface area contributed by atoms with Crippen molar-refractivity contribution in [1.29, 1.82) is 0 Å². The van der Waals surface area contributed by atoms with E-state index < -0.39 is 0 Å². The maximum Gasteiger partial charge on any atom is 0.282 e. The van der Waals surface area contributed by atoms with Crippen LogP contribution in [0.2, 0.25) is 0 Å². The largest absolute Gasteiger partial charge is 0.395 e. The Bertz CT molecular complexity index is 1300. The molecule has 0 radical (unpaired) electrons. The Labute approximate surface area is 199 Å². The van der Waals surface area contributed by atoms with E-state index in [4.69, 9.17) is 0 Å². The number of aliphatic hydroxyl groups is 1. The first-order valence-electron chi connectivity index (χ1n) is 11.8. The van der Waals surface area contributed by atoms with Gasteiger partial charge in [0.25, 0.3) is 11.8 Å². The zero-order valence-corrected chi connectivity index (χ0v) is 19.6. The SMILES string of the molecule is Cc1ccc(C2=C(N3CCN(CCO)CC3)C(=O)N(c3cccc4ccccc34)C2=O)c(C)c1. The van der Waals surface area contributed by atoms with Crippen LogP contribution in [0.1, 0.15) is 16.7 Å². The van der Waals surface area contributed by atoms with Crippen LogP contribution in [0.25, 0.3) is 16.3 Å². The van der Waals surface area contributed by atoms with E-state index in [0.717, 1.165) is 40.6 Å². The number of carbonyl (C=O) groups excluding carboxylic acids is 2. The second-order valence-corrected chi connectivity index (χ2v) is 9.04. The number of benzene rings is 3. The van der Waals surface area contributed by atoms with Crippen LogP contribution in [0.15, 0.2) is 66.4 Å². The minimum atomic E-state index is -0.277. The van der Waals surface area contributed by atoms with E-state index in [2.05, 4.69) is 11.0 Å². The maximum atomic E-state index is 14.0. The maximum absolute atomic E-state index is 14.0. The number of β-amino-alcohol motifs (C(OH)–C–C–N with tert-alkyl or cyclic N) is 1. The first kappa shape index (κ1) is 22.3. The number of aryl methyl sites for hydroxylation is 2. The molecule has 174 valence electrons. The molecule has 2 aliphatic rings. The number of nitrogens with zero attached hydrogens (tertiary/aromatic N) is 3. The van der Waals surface area contributed by atoms with Gasteiger partial charge in [0.2, 0.25) is 0 Å². The van der Waals surface area contributed by atoms with Crippen LogP contribution < -0.4 is 4.90 Å². The van der Waals surface area contributed by atoms with E-state index in [9.17, 15) is 14.7 Å². The summed E-state index contributed by atoms with van der Waals surface area (Å²) >= 11 is 0. The third kappa shape index (κ3) is 3.79. The van der Waals surface area contributed by atoms with E-state index in [-0.39, 0.29) is 18.4 Å². The first-order valence-corrected chi connectivity index (χ1v) is 11.8. The lowest BCUT2D eigenvalue weighted by molar-refractivity contribution is -0.120. The van der Waals surface area contributed by atoms with E-state index in [1.165, 1.54) is 4.90 Å². The molecule has 5 rings (SSSR count). The quantitative estimate of drug-likeness (QED) is 0.598. The fourth-order valence-corrected chi connectivity index (χ4v) is 5.11. The molecule has 1 fully saturated rings. The Hall–Kier alpha value is -3.48. The molecule has 0 bridgehead atoms. The van der Waals surface area contributed by atoms with E-state index in [1.54, 1.807) is 0 Å². The second kappa shape index (κ2) is 9.05. The van der Waals surface area contributed by atoms with Crippen molar-refractivity contribution in [3.05, 3.63) is 83.1 Å². The molecule has 34 heavy (non-hydrogen) atoms. The Morgan fingerprint density at radius 3 is 2.32 bits per heavy atom. The van der Waals surface area contributed by atoms with Crippen LogP contribution in [0, 0.1) is 13.8 Å². The number of fused-ring (bicyclic) bond motifs is 1. The van der Waals surface area contributed by atoms with Gasteiger partial charge in [-0.3, -0.25) is 14.5 Å². The van der Waals surface area contributed by atoms with E-state index in [0.29, 0.717) is 36.6 Å². The Balaban J connectivity index is 1.62. The van der Waals surface area contributed by atoms with Crippen molar-refractivity contribution in [1.82, 2.24) is 9.80 Å². The Morgan fingerprint density at radius 1 is 0.853 bits per heavy atom. The smallest absolute Gasteiger partial charge is 0.282 e. The standard InChI is InChI=1S/C28H29N3O3/c1-19-10-11-22(20(2)18-19)25-26(30-14-12-29(13-15-30)16-17-32)28(34)31(27(25)33)24-9-5-7-21-6-3-4-8-23(21)24/h3-11,18,32H,12-17H2,1-2H3. The van der Waals surface area contributed by atoms with Crippen molar-refractivity contribution in [2.45, 2.75) is 13.8 Å². The number of carbonyl (C=O) groups is 2. The average Bonchev–Trinajstić information content (AvgIpc) is 3.09. The van der Waals surface area contributed by atoms with Gasteiger partial charge >= 0.3 is 0 Å². The summed E-state index contributed by atoms with van der Waals surface area (Å²) in [4.78, 5) is 33.6. The van der Waals surface area contributed by atoms with Crippen LogP contribution in [-0.2, 0) is 9.59 Å².